The average molecular weight is 399 g/mol. The van der Waals surface area contributed by atoms with E-state index in [1.54, 1.807) is 0 Å². The molecule has 0 aliphatic rings. The van der Waals surface area contributed by atoms with E-state index in [0.717, 1.165) is 22.4 Å². The summed E-state index contributed by atoms with van der Waals surface area (Å²) in [5, 5.41) is 10.9. The number of anilines is 1. The molecule has 1 unspecified atom stereocenters. The molecule has 0 aliphatic carbocycles. The highest BCUT2D eigenvalue weighted by atomic mass is 35.5. The van der Waals surface area contributed by atoms with Crippen molar-refractivity contribution in [3.8, 4) is 11.3 Å². The molecule has 0 aliphatic heterocycles. The Hall–Kier alpha value is -2.63. The molecule has 28 heavy (non-hydrogen) atoms. The van der Waals surface area contributed by atoms with Crippen molar-refractivity contribution in [3.05, 3.63) is 71.8 Å². The van der Waals surface area contributed by atoms with Crippen molar-refractivity contribution in [2.24, 2.45) is 5.92 Å². The number of amides is 1. The zero-order chi connectivity index (χ0) is 19.2. The van der Waals surface area contributed by atoms with Gasteiger partial charge in [-0.05, 0) is 25.1 Å². The molecule has 148 valence electrons. The van der Waals surface area contributed by atoms with Gasteiger partial charge >= 0.3 is 0 Å². The Morgan fingerprint density at radius 2 is 1.79 bits per heavy atom. The molecule has 0 fully saturated rings. The minimum Gasteiger partial charge on any atom is -0.319 e. The fourth-order valence-electron chi connectivity index (χ4n) is 3.03. The van der Waals surface area contributed by atoms with Gasteiger partial charge < -0.3 is 10.6 Å². The highest BCUT2D eigenvalue weighted by Crippen LogP contribution is 2.25. The molecular formula is C22H27ClN4O. The lowest BCUT2D eigenvalue weighted by atomic mass is 10.1. The molecule has 0 bridgehead atoms. The Morgan fingerprint density at radius 1 is 1.11 bits per heavy atom. The summed E-state index contributed by atoms with van der Waals surface area (Å²) in [6.45, 7) is 5.21. The molecule has 0 saturated heterocycles. The maximum atomic E-state index is 12.5. The van der Waals surface area contributed by atoms with Gasteiger partial charge in [0.25, 0.3) is 0 Å². The van der Waals surface area contributed by atoms with Crippen LogP contribution in [0.3, 0.4) is 0 Å². The quantitative estimate of drug-likeness (QED) is 0.629. The smallest absolute Gasteiger partial charge is 0.229 e. The van der Waals surface area contributed by atoms with Crippen LogP contribution in [0.4, 0.5) is 5.82 Å². The van der Waals surface area contributed by atoms with Crippen LogP contribution in [0.1, 0.15) is 18.1 Å². The zero-order valence-corrected chi connectivity index (χ0v) is 17.3. The van der Waals surface area contributed by atoms with Gasteiger partial charge in [0.05, 0.1) is 12.2 Å². The maximum absolute atomic E-state index is 12.5. The Kier molecular flexibility index (Phi) is 7.79. The molecule has 3 rings (SSSR count). The van der Waals surface area contributed by atoms with Crippen LogP contribution in [0, 0.1) is 12.8 Å². The molecule has 0 radical (unpaired) electrons. The summed E-state index contributed by atoms with van der Waals surface area (Å²) in [5.74, 6) is 0.567. The number of benzene rings is 2. The van der Waals surface area contributed by atoms with Gasteiger partial charge in [-0.2, -0.15) is 5.10 Å². The Balaban J connectivity index is 0.00000280. The van der Waals surface area contributed by atoms with Crippen molar-refractivity contribution < 1.29 is 4.79 Å². The monoisotopic (exact) mass is 398 g/mol. The van der Waals surface area contributed by atoms with E-state index in [2.05, 4.69) is 41.8 Å². The Bertz CT molecular complexity index is 908. The first-order valence-corrected chi connectivity index (χ1v) is 9.21. The number of nitrogens with zero attached hydrogens (tertiary/aromatic N) is 2. The molecule has 0 spiro atoms. The largest absolute Gasteiger partial charge is 0.319 e. The van der Waals surface area contributed by atoms with Crippen LogP contribution in [0.2, 0.25) is 0 Å². The van der Waals surface area contributed by atoms with Crippen LogP contribution in [0.5, 0.6) is 0 Å². The molecule has 1 aromatic heterocycles. The zero-order valence-electron chi connectivity index (χ0n) is 16.5. The van der Waals surface area contributed by atoms with Gasteiger partial charge in [-0.3, -0.25) is 4.79 Å². The molecular weight excluding hydrogens is 372 g/mol. The second kappa shape index (κ2) is 10.1. The Morgan fingerprint density at radius 3 is 2.46 bits per heavy atom. The molecule has 6 heteroatoms. The first-order chi connectivity index (χ1) is 13.1. The summed E-state index contributed by atoms with van der Waals surface area (Å²) in [6, 6.07) is 20.2. The third kappa shape index (κ3) is 5.21. The number of nitrogens with one attached hydrogen (secondary N) is 2. The number of halogens is 1. The predicted molar refractivity (Wildman–Crippen MR) is 117 cm³/mol. The van der Waals surface area contributed by atoms with E-state index >= 15 is 0 Å². The molecule has 1 amide bonds. The van der Waals surface area contributed by atoms with Crippen molar-refractivity contribution >= 4 is 24.1 Å². The van der Waals surface area contributed by atoms with Crippen LogP contribution in [-0.4, -0.2) is 29.3 Å². The SMILES string of the molecule is CNCC(C)C(=O)Nc1cc(-c2ccccc2C)nn1Cc1ccccc1.Cl. The number of aryl methyl sites for hydroxylation is 1. The number of hydrogen-bond acceptors (Lipinski definition) is 3. The second-order valence-corrected chi connectivity index (χ2v) is 6.82. The molecule has 2 aromatic carbocycles. The number of hydrogen-bond donors (Lipinski definition) is 2. The van der Waals surface area contributed by atoms with E-state index in [1.165, 1.54) is 0 Å². The lowest BCUT2D eigenvalue weighted by Gasteiger charge is -2.13. The fourth-order valence-corrected chi connectivity index (χ4v) is 3.03. The lowest BCUT2D eigenvalue weighted by Crippen LogP contribution is -2.29. The minimum atomic E-state index is -0.128. The molecule has 5 nitrogen and oxygen atoms in total. The van der Waals surface area contributed by atoms with Crippen molar-refractivity contribution in [2.45, 2.75) is 20.4 Å². The van der Waals surface area contributed by atoms with Crippen molar-refractivity contribution in [1.29, 1.82) is 0 Å². The molecule has 1 atom stereocenters. The van der Waals surface area contributed by atoms with Crippen LogP contribution < -0.4 is 10.6 Å². The standard InChI is InChI=1S/C22H26N4O.ClH/c1-16-9-7-8-12-19(16)20-13-21(24-22(27)17(2)14-23-3)26(25-20)15-18-10-5-4-6-11-18;/h4-13,17,23H,14-15H2,1-3H3,(H,24,27);1H. The van der Waals surface area contributed by atoms with Gasteiger partial charge in [0.1, 0.15) is 5.82 Å². The summed E-state index contributed by atoms with van der Waals surface area (Å²) in [6.07, 6.45) is 0. The highest BCUT2D eigenvalue weighted by Gasteiger charge is 2.17. The summed E-state index contributed by atoms with van der Waals surface area (Å²) in [5.41, 5.74) is 4.22. The van der Waals surface area contributed by atoms with Crippen LogP contribution in [-0.2, 0) is 11.3 Å². The normalized spacial score (nSPS) is 11.5. The third-order valence-corrected chi connectivity index (χ3v) is 4.59. The summed E-state index contributed by atoms with van der Waals surface area (Å²) in [4.78, 5) is 12.5. The summed E-state index contributed by atoms with van der Waals surface area (Å²) in [7, 11) is 1.85. The number of rotatable bonds is 7. The number of carbonyl (C=O) groups excluding carboxylic acids is 1. The van der Waals surface area contributed by atoms with E-state index in [0.29, 0.717) is 18.9 Å². The van der Waals surface area contributed by atoms with E-state index in [9.17, 15) is 4.79 Å². The first-order valence-electron chi connectivity index (χ1n) is 9.21. The van der Waals surface area contributed by atoms with E-state index < -0.39 is 0 Å². The topological polar surface area (TPSA) is 59.0 Å². The van der Waals surface area contributed by atoms with E-state index in [-0.39, 0.29) is 24.2 Å². The van der Waals surface area contributed by atoms with Gasteiger partial charge in [-0.15, -0.1) is 12.4 Å². The molecule has 0 saturated carbocycles. The van der Waals surface area contributed by atoms with Crippen molar-refractivity contribution in [1.82, 2.24) is 15.1 Å². The number of carbonyl (C=O) groups is 1. The highest BCUT2D eigenvalue weighted by molar-refractivity contribution is 5.92. The van der Waals surface area contributed by atoms with Gasteiger partial charge in [-0.25, -0.2) is 4.68 Å². The Labute approximate surface area is 172 Å². The van der Waals surface area contributed by atoms with E-state index in [4.69, 9.17) is 5.10 Å². The molecule has 1 heterocycles. The fraction of sp³-hybridized carbons (Fsp3) is 0.273. The third-order valence-electron chi connectivity index (χ3n) is 4.59. The van der Waals surface area contributed by atoms with Gasteiger partial charge in [0, 0.05) is 24.1 Å². The van der Waals surface area contributed by atoms with E-state index in [1.807, 2.05) is 55.1 Å². The van der Waals surface area contributed by atoms with Crippen LogP contribution in [0.25, 0.3) is 11.3 Å². The van der Waals surface area contributed by atoms with Gasteiger partial charge in [0.2, 0.25) is 5.91 Å². The maximum Gasteiger partial charge on any atom is 0.229 e. The number of aromatic nitrogens is 2. The van der Waals surface area contributed by atoms with Crippen LogP contribution in [0.15, 0.2) is 60.7 Å². The van der Waals surface area contributed by atoms with Crippen molar-refractivity contribution in [2.75, 3.05) is 18.9 Å². The summed E-state index contributed by atoms with van der Waals surface area (Å²) >= 11 is 0. The predicted octanol–water partition coefficient (Wildman–Crippen LogP) is 4.12. The minimum absolute atomic E-state index is 0. The first kappa shape index (κ1) is 21.7. The average Bonchev–Trinajstić information content (AvgIpc) is 3.05. The second-order valence-electron chi connectivity index (χ2n) is 6.82. The van der Waals surface area contributed by atoms with Gasteiger partial charge in [-0.1, -0.05) is 61.5 Å². The lowest BCUT2D eigenvalue weighted by molar-refractivity contribution is -0.119. The molecule has 3 aromatic rings. The van der Waals surface area contributed by atoms with Gasteiger partial charge in [0.15, 0.2) is 0 Å². The van der Waals surface area contributed by atoms with Crippen LogP contribution >= 0.6 is 12.4 Å². The summed E-state index contributed by atoms with van der Waals surface area (Å²) < 4.78 is 1.86. The molecule has 2 N–H and O–H groups in total. The van der Waals surface area contributed by atoms with Crippen molar-refractivity contribution in [3.63, 3.8) is 0 Å².